The van der Waals surface area contributed by atoms with E-state index in [1.807, 2.05) is 41.3 Å². The number of amides is 2. The minimum atomic E-state index is -0.430. The summed E-state index contributed by atoms with van der Waals surface area (Å²) in [4.78, 5) is 26.3. The lowest BCUT2D eigenvalue weighted by atomic mass is 10.2. The molecular weight excluding hydrogens is 440 g/mol. The van der Waals surface area contributed by atoms with Gasteiger partial charge in [-0.05, 0) is 58.7 Å². The summed E-state index contributed by atoms with van der Waals surface area (Å²) in [6, 6.07) is 11.4. The Morgan fingerprint density at radius 2 is 2.08 bits per heavy atom. The monoisotopic (exact) mass is 456 g/mol. The SMILES string of the molecule is O=C(CCCOc1ccc(N2C(=O)CSC2c2ccc(Br)s2)cc1)NO. The Bertz CT molecular complexity index is 781. The van der Waals surface area contributed by atoms with E-state index in [2.05, 4.69) is 15.9 Å². The van der Waals surface area contributed by atoms with E-state index in [4.69, 9.17) is 9.94 Å². The van der Waals surface area contributed by atoms with Crippen molar-refractivity contribution in [3.8, 4) is 5.75 Å². The number of rotatable bonds is 7. The highest BCUT2D eigenvalue weighted by atomic mass is 79.9. The number of hydrogen-bond donors (Lipinski definition) is 2. The molecule has 1 aliphatic rings. The predicted molar refractivity (Wildman–Crippen MR) is 106 cm³/mol. The van der Waals surface area contributed by atoms with Crippen LogP contribution in [0.4, 0.5) is 5.69 Å². The van der Waals surface area contributed by atoms with Gasteiger partial charge in [-0.3, -0.25) is 19.7 Å². The molecule has 2 heterocycles. The van der Waals surface area contributed by atoms with Crippen LogP contribution in [0.1, 0.15) is 23.1 Å². The van der Waals surface area contributed by atoms with Gasteiger partial charge in [0.1, 0.15) is 11.1 Å². The summed E-state index contributed by atoms with van der Waals surface area (Å²) in [7, 11) is 0. The molecule has 2 amide bonds. The van der Waals surface area contributed by atoms with Crippen LogP contribution in [0, 0.1) is 0 Å². The van der Waals surface area contributed by atoms with Crippen LogP contribution in [0.5, 0.6) is 5.75 Å². The summed E-state index contributed by atoms with van der Waals surface area (Å²) in [5.74, 6) is 0.798. The summed E-state index contributed by atoms with van der Waals surface area (Å²) in [5, 5.41) is 8.42. The summed E-state index contributed by atoms with van der Waals surface area (Å²) in [6.45, 7) is 0.372. The Balaban J connectivity index is 1.63. The molecule has 1 saturated heterocycles. The molecule has 1 fully saturated rings. The van der Waals surface area contributed by atoms with E-state index in [9.17, 15) is 9.59 Å². The number of anilines is 1. The minimum Gasteiger partial charge on any atom is -0.494 e. The van der Waals surface area contributed by atoms with Crippen molar-refractivity contribution in [3.05, 3.63) is 45.1 Å². The Morgan fingerprint density at radius 3 is 2.73 bits per heavy atom. The van der Waals surface area contributed by atoms with Crippen molar-refractivity contribution in [1.29, 1.82) is 0 Å². The van der Waals surface area contributed by atoms with Gasteiger partial charge in [-0.25, -0.2) is 5.48 Å². The Labute approximate surface area is 167 Å². The van der Waals surface area contributed by atoms with Gasteiger partial charge in [0.15, 0.2) is 0 Å². The van der Waals surface area contributed by atoms with Crippen LogP contribution in [0.25, 0.3) is 0 Å². The van der Waals surface area contributed by atoms with Crippen LogP contribution in [0.3, 0.4) is 0 Å². The maximum absolute atomic E-state index is 12.4. The van der Waals surface area contributed by atoms with Gasteiger partial charge >= 0.3 is 0 Å². The fourth-order valence-corrected chi connectivity index (χ4v) is 5.37. The molecule has 26 heavy (non-hydrogen) atoms. The highest BCUT2D eigenvalue weighted by Gasteiger charge is 2.34. The number of nitrogens with zero attached hydrogens (tertiary/aromatic N) is 1. The van der Waals surface area contributed by atoms with Crippen LogP contribution >= 0.6 is 39.0 Å². The molecule has 0 aliphatic carbocycles. The minimum absolute atomic E-state index is 0.0115. The van der Waals surface area contributed by atoms with Crippen molar-refractivity contribution < 1.29 is 19.5 Å². The zero-order chi connectivity index (χ0) is 18.5. The number of carbonyl (C=O) groups is 2. The molecule has 138 valence electrons. The number of carbonyl (C=O) groups excluding carboxylic acids is 2. The fraction of sp³-hybridized carbons (Fsp3) is 0.294. The summed E-state index contributed by atoms with van der Waals surface area (Å²) >= 11 is 6.73. The third kappa shape index (κ3) is 4.59. The first-order chi connectivity index (χ1) is 12.6. The van der Waals surface area contributed by atoms with Crippen LogP contribution < -0.4 is 15.1 Å². The quantitative estimate of drug-likeness (QED) is 0.374. The van der Waals surface area contributed by atoms with Gasteiger partial charge in [-0.1, -0.05) is 0 Å². The normalized spacial score (nSPS) is 16.8. The van der Waals surface area contributed by atoms with Gasteiger partial charge in [-0.15, -0.1) is 23.1 Å². The smallest absolute Gasteiger partial charge is 0.243 e. The molecule has 0 radical (unpaired) electrons. The average molecular weight is 457 g/mol. The number of thioether (sulfide) groups is 1. The van der Waals surface area contributed by atoms with Gasteiger partial charge in [0, 0.05) is 17.0 Å². The number of benzene rings is 1. The number of hydroxylamine groups is 1. The molecule has 1 aromatic carbocycles. The van der Waals surface area contributed by atoms with Crippen LogP contribution in [0.2, 0.25) is 0 Å². The molecule has 1 unspecified atom stereocenters. The number of ether oxygens (including phenoxy) is 1. The zero-order valence-electron chi connectivity index (χ0n) is 13.7. The van der Waals surface area contributed by atoms with Crippen molar-refractivity contribution in [2.24, 2.45) is 0 Å². The lowest BCUT2D eigenvalue weighted by molar-refractivity contribution is -0.129. The van der Waals surface area contributed by atoms with Gasteiger partial charge in [0.05, 0.1) is 16.1 Å². The van der Waals surface area contributed by atoms with Gasteiger partial charge in [0.2, 0.25) is 11.8 Å². The van der Waals surface area contributed by atoms with Crippen molar-refractivity contribution in [2.75, 3.05) is 17.3 Å². The van der Waals surface area contributed by atoms with E-state index in [0.29, 0.717) is 24.5 Å². The summed E-state index contributed by atoms with van der Waals surface area (Å²) < 4.78 is 6.63. The first kappa shape index (κ1) is 19.2. The van der Waals surface area contributed by atoms with E-state index in [1.54, 1.807) is 28.6 Å². The van der Waals surface area contributed by atoms with Crippen molar-refractivity contribution in [2.45, 2.75) is 18.2 Å². The van der Waals surface area contributed by atoms with Crippen LogP contribution in [-0.2, 0) is 9.59 Å². The molecule has 1 aliphatic heterocycles. The first-order valence-electron chi connectivity index (χ1n) is 7.93. The van der Waals surface area contributed by atoms with Crippen molar-refractivity contribution in [1.82, 2.24) is 5.48 Å². The maximum atomic E-state index is 12.4. The molecular formula is C17H17BrN2O4S2. The molecule has 9 heteroatoms. The largest absolute Gasteiger partial charge is 0.494 e. The highest BCUT2D eigenvalue weighted by Crippen LogP contribution is 2.44. The maximum Gasteiger partial charge on any atom is 0.243 e. The van der Waals surface area contributed by atoms with Crippen molar-refractivity contribution in [3.63, 3.8) is 0 Å². The van der Waals surface area contributed by atoms with Gasteiger partial charge in [0.25, 0.3) is 0 Å². The Hall–Kier alpha value is -1.55. The van der Waals surface area contributed by atoms with E-state index in [-0.39, 0.29) is 17.7 Å². The number of hydrogen-bond acceptors (Lipinski definition) is 6. The Morgan fingerprint density at radius 1 is 1.31 bits per heavy atom. The van der Waals surface area contributed by atoms with Crippen LogP contribution in [0.15, 0.2) is 40.2 Å². The van der Waals surface area contributed by atoms with Gasteiger partial charge in [-0.2, -0.15) is 0 Å². The second kappa shape index (κ2) is 8.90. The zero-order valence-corrected chi connectivity index (χ0v) is 16.9. The Kier molecular flexibility index (Phi) is 6.58. The first-order valence-corrected chi connectivity index (χ1v) is 10.6. The summed E-state index contributed by atoms with van der Waals surface area (Å²) in [6.07, 6.45) is 0.705. The number of thiophene rings is 1. The molecule has 2 aromatic rings. The van der Waals surface area contributed by atoms with E-state index >= 15 is 0 Å². The van der Waals surface area contributed by atoms with Gasteiger partial charge < -0.3 is 4.74 Å². The lowest BCUT2D eigenvalue weighted by Gasteiger charge is -2.23. The average Bonchev–Trinajstić information content (AvgIpc) is 3.24. The predicted octanol–water partition coefficient (Wildman–Crippen LogP) is 3.95. The van der Waals surface area contributed by atoms with Crippen LogP contribution in [-0.4, -0.2) is 29.4 Å². The van der Waals surface area contributed by atoms with E-state index < -0.39 is 5.91 Å². The molecule has 1 atom stereocenters. The fourth-order valence-electron chi connectivity index (χ4n) is 2.56. The second-order valence-electron chi connectivity index (χ2n) is 5.55. The standard InChI is InChI=1S/C17H17BrN2O4S2/c18-14-8-7-13(26-14)17-20(16(22)10-25-17)11-3-5-12(6-4-11)24-9-1-2-15(21)19-23/h3-8,17,23H,1-2,9-10H2,(H,19,21). The summed E-state index contributed by atoms with van der Waals surface area (Å²) in [5.41, 5.74) is 2.42. The molecule has 2 N–H and O–H groups in total. The lowest BCUT2D eigenvalue weighted by Crippen LogP contribution is -2.27. The molecule has 1 aromatic heterocycles. The molecule has 0 saturated carbocycles. The third-order valence-corrected chi connectivity index (χ3v) is 6.78. The molecule has 3 rings (SSSR count). The molecule has 0 spiro atoms. The number of halogens is 1. The third-order valence-electron chi connectivity index (χ3n) is 3.76. The number of nitrogens with one attached hydrogen (secondary N) is 1. The molecule has 0 bridgehead atoms. The van der Waals surface area contributed by atoms with E-state index in [1.165, 1.54) is 0 Å². The second-order valence-corrected chi connectivity index (χ2v) is 9.11. The highest BCUT2D eigenvalue weighted by molar-refractivity contribution is 9.11. The van der Waals surface area contributed by atoms with E-state index in [0.717, 1.165) is 14.4 Å². The molecule has 6 nitrogen and oxygen atoms in total. The topological polar surface area (TPSA) is 78.9 Å². The van der Waals surface area contributed by atoms with Crippen molar-refractivity contribution >= 4 is 56.5 Å².